The Morgan fingerprint density at radius 2 is 1.81 bits per heavy atom. The van der Waals surface area contributed by atoms with E-state index in [9.17, 15) is 9.59 Å². The molecule has 5 heteroatoms. The monoisotopic (exact) mass is 365 g/mol. The third-order valence-electron chi connectivity index (χ3n) is 4.39. The Labute approximate surface area is 158 Å². The lowest BCUT2D eigenvalue weighted by Crippen LogP contribution is -2.21. The zero-order valence-corrected chi connectivity index (χ0v) is 16.0. The van der Waals surface area contributed by atoms with E-state index in [1.165, 1.54) is 0 Å². The summed E-state index contributed by atoms with van der Waals surface area (Å²) in [5.41, 5.74) is 3.00. The van der Waals surface area contributed by atoms with Gasteiger partial charge in [0.15, 0.2) is 0 Å². The molecule has 0 aliphatic rings. The Hall–Kier alpha value is -3.08. The summed E-state index contributed by atoms with van der Waals surface area (Å²) in [6, 6.07) is 14.5. The van der Waals surface area contributed by atoms with Crippen molar-refractivity contribution < 1.29 is 14.3 Å². The van der Waals surface area contributed by atoms with Gasteiger partial charge in [0.05, 0.1) is 30.8 Å². The molecule has 3 rings (SSSR count). The average molecular weight is 365 g/mol. The zero-order chi connectivity index (χ0) is 19.6. The first-order chi connectivity index (χ1) is 12.9. The maximum atomic E-state index is 12.7. The molecule has 0 N–H and O–H groups in total. The molecule has 0 unspecified atom stereocenters. The number of aryl methyl sites for hydroxylation is 1. The number of hydrogen-bond donors (Lipinski definition) is 0. The molecule has 0 radical (unpaired) electrons. The smallest absolute Gasteiger partial charge is 0.338 e. The molecule has 27 heavy (non-hydrogen) atoms. The van der Waals surface area contributed by atoms with Gasteiger partial charge in [0.25, 0.3) is 5.56 Å². The van der Waals surface area contributed by atoms with E-state index in [4.69, 9.17) is 9.47 Å². The summed E-state index contributed by atoms with van der Waals surface area (Å²) in [6.45, 7) is 5.93. The van der Waals surface area contributed by atoms with Crippen molar-refractivity contribution in [2.24, 2.45) is 0 Å². The van der Waals surface area contributed by atoms with Crippen molar-refractivity contribution in [3.8, 4) is 5.75 Å². The Bertz CT molecular complexity index is 1030. The van der Waals surface area contributed by atoms with Crippen LogP contribution in [0.2, 0.25) is 0 Å². The molecule has 140 valence electrons. The quantitative estimate of drug-likeness (QED) is 0.643. The van der Waals surface area contributed by atoms with Crippen molar-refractivity contribution in [3.05, 3.63) is 75.6 Å². The van der Waals surface area contributed by atoms with E-state index >= 15 is 0 Å². The number of rotatable bonds is 5. The van der Waals surface area contributed by atoms with Crippen LogP contribution in [0.15, 0.2) is 53.3 Å². The third-order valence-corrected chi connectivity index (χ3v) is 4.39. The lowest BCUT2D eigenvalue weighted by atomic mass is 10.1. The molecule has 1 aromatic heterocycles. The van der Waals surface area contributed by atoms with Crippen LogP contribution in [0.5, 0.6) is 5.75 Å². The van der Waals surface area contributed by atoms with Crippen LogP contribution in [-0.2, 0) is 11.3 Å². The second-order valence-corrected chi connectivity index (χ2v) is 6.76. The minimum Gasteiger partial charge on any atom is -0.495 e. The van der Waals surface area contributed by atoms with Gasteiger partial charge in [0, 0.05) is 11.5 Å². The van der Waals surface area contributed by atoms with Gasteiger partial charge in [-0.25, -0.2) is 4.79 Å². The van der Waals surface area contributed by atoms with E-state index in [0.29, 0.717) is 17.9 Å². The second-order valence-electron chi connectivity index (χ2n) is 6.76. The highest BCUT2D eigenvalue weighted by Crippen LogP contribution is 2.27. The number of pyridine rings is 1. The molecule has 0 spiro atoms. The second kappa shape index (κ2) is 7.66. The molecule has 3 aromatic rings. The van der Waals surface area contributed by atoms with E-state index in [1.807, 2.05) is 51.1 Å². The van der Waals surface area contributed by atoms with E-state index in [-0.39, 0.29) is 17.6 Å². The number of para-hydroxylation sites is 1. The van der Waals surface area contributed by atoms with Crippen LogP contribution < -0.4 is 10.3 Å². The molecule has 0 bridgehead atoms. The number of hydrogen-bond acceptors (Lipinski definition) is 4. The van der Waals surface area contributed by atoms with Crippen LogP contribution in [0.3, 0.4) is 0 Å². The topological polar surface area (TPSA) is 57.5 Å². The predicted molar refractivity (Wildman–Crippen MR) is 106 cm³/mol. The molecule has 0 aliphatic heterocycles. The Balaban J connectivity index is 2.00. The minimum absolute atomic E-state index is 0.0900. The average Bonchev–Trinajstić information content (AvgIpc) is 2.64. The fourth-order valence-corrected chi connectivity index (χ4v) is 3.10. The van der Waals surface area contributed by atoms with Gasteiger partial charge in [0.2, 0.25) is 0 Å². The number of carbonyl (C=O) groups excluding carboxylic acids is 1. The molecule has 0 aliphatic carbocycles. The van der Waals surface area contributed by atoms with Gasteiger partial charge in [0.1, 0.15) is 5.75 Å². The molecule has 0 fully saturated rings. The molecule has 0 atom stereocenters. The Morgan fingerprint density at radius 3 is 2.44 bits per heavy atom. The van der Waals surface area contributed by atoms with Gasteiger partial charge in [-0.1, -0.05) is 24.3 Å². The van der Waals surface area contributed by atoms with E-state index in [2.05, 4.69) is 0 Å². The number of ether oxygens (including phenoxy) is 2. The van der Waals surface area contributed by atoms with Gasteiger partial charge in [-0.15, -0.1) is 0 Å². The van der Waals surface area contributed by atoms with Crippen molar-refractivity contribution in [1.29, 1.82) is 0 Å². The van der Waals surface area contributed by atoms with E-state index in [1.54, 1.807) is 29.9 Å². The summed E-state index contributed by atoms with van der Waals surface area (Å²) in [4.78, 5) is 24.6. The van der Waals surface area contributed by atoms with Gasteiger partial charge in [-0.05, 0) is 50.1 Å². The lowest BCUT2D eigenvalue weighted by molar-refractivity contribution is 0.0378. The van der Waals surface area contributed by atoms with Crippen LogP contribution in [0.25, 0.3) is 10.9 Å². The maximum Gasteiger partial charge on any atom is 0.338 e. The molecular weight excluding hydrogens is 342 g/mol. The maximum absolute atomic E-state index is 12.7. The van der Waals surface area contributed by atoms with Crippen molar-refractivity contribution in [2.75, 3.05) is 7.11 Å². The van der Waals surface area contributed by atoms with Crippen molar-refractivity contribution in [2.45, 2.75) is 33.4 Å². The van der Waals surface area contributed by atoms with Gasteiger partial charge in [-0.2, -0.15) is 0 Å². The van der Waals surface area contributed by atoms with Gasteiger partial charge in [-0.3, -0.25) is 4.79 Å². The molecule has 5 nitrogen and oxygen atoms in total. The summed E-state index contributed by atoms with van der Waals surface area (Å²) in [5, 5.41) is 0.978. The lowest BCUT2D eigenvalue weighted by Gasteiger charge is -2.15. The van der Waals surface area contributed by atoms with Crippen molar-refractivity contribution >= 4 is 16.9 Å². The summed E-state index contributed by atoms with van der Waals surface area (Å²) < 4.78 is 12.4. The number of benzene rings is 2. The Kier molecular flexibility index (Phi) is 5.31. The Morgan fingerprint density at radius 1 is 1.11 bits per heavy atom. The van der Waals surface area contributed by atoms with Crippen LogP contribution in [-0.4, -0.2) is 23.8 Å². The van der Waals surface area contributed by atoms with Gasteiger partial charge >= 0.3 is 5.97 Å². The number of aromatic nitrogens is 1. The van der Waals surface area contributed by atoms with Crippen molar-refractivity contribution in [1.82, 2.24) is 4.57 Å². The highest BCUT2D eigenvalue weighted by molar-refractivity contribution is 5.89. The first-order valence-corrected chi connectivity index (χ1v) is 8.87. The molecule has 0 saturated heterocycles. The molecular formula is C22H23NO4. The SMILES string of the molecule is COc1cccc2c(C)cc(=O)n(Cc3ccc(C(=O)OC(C)C)cc3)c12. The largest absolute Gasteiger partial charge is 0.495 e. The van der Waals surface area contributed by atoms with Crippen LogP contribution in [0.4, 0.5) is 0 Å². The highest BCUT2D eigenvalue weighted by Gasteiger charge is 2.13. The summed E-state index contributed by atoms with van der Waals surface area (Å²) in [7, 11) is 1.60. The number of fused-ring (bicyclic) bond motifs is 1. The third kappa shape index (κ3) is 3.87. The molecule has 0 amide bonds. The predicted octanol–water partition coefficient (Wildman–Crippen LogP) is 3.93. The molecule has 2 aromatic carbocycles. The zero-order valence-electron chi connectivity index (χ0n) is 16.0. The first kappa shape index (κ1) is 18.7. The molecule has 1 heterocycles. The molecule has 0 saturated carbocycles. The fraction of sp³-hybridized carbons (Fsp3) is 0.273. The number of esters is 1. The minimum atomic E-state index is -0.351. The number of methoxy groups -OCH3 is 1. The summed E-state index contributed by atoms with van der Waals surface area (Å²) >= 11 is 0. The number of nitrogens with zero attached hydrogens (tertiary/aromatic N) is 1. The fourth-order valence-electron chi connectivity index (χ4n) is 3.10. The van der Waals surface area contributed by atoms with E-state index in [0.717, 1.165) is 22.0 Å². The normalized spacial score (nSPS) is 11.0. The van der Waals surface area contributed by atoms with Crippen LogP contribution in [0, 0.1) is 6.92 Å². The first-order valence-electron chi connectivity index (χ1n) is 8.87. The van der Waals surface area contributed by atoms with Gasteiger partial charge < -0.3 is 14.0 Å². The number of carbonyl (C=O) groups is 1. The highest BCUT2D eigenvalue weighted by atomic mass is 16.5. The summed E-state index contributed by atoms with van der Waals surface area (Å²) in [5.74, 6) is 0.307. The standard InChI is InChI=1S/C22H23NO4/c1-14(2)27-22(25)17-10-8-16(9-11-17)13-23-20(24)12-15(3)18-6-5-7-19(26-4)21(18)23/h5-12,14H,13H2,1-4H3. The van der Waals surface area contributed by atoms with Crippen LogP contribution in [0.1, 0.15) is 35.3 Å². The van der Waals surface area contributed by atoms with Crippen LogP contribution >= 0.6 is 0 Å². The van der Waals surface area contributed by atoms with E-state index < -0.39 is 0 Å². The van der Waals surface area contributed by atoms with Crippen molar-refractivity contribution in [3.63, 3.8) is 0 Å². The summed E-state index contributed by atoms with van der Waals surface area (Å²) in [6.07, 6.45) is -0.165.